The summed E-state index contributed by atoms with van der Waals surface area (Å²) in [4.78, 5) is 4.11. The van der Waals surface area contributed by atoms with Gasteiger partial charge < -0.3 is 19.8 Å². The largest absolute Gasteiger partial charge is 0.494 e. The molecule has 0 saturated carbocycles. The van der Waals surface area contributed by atoms with E-state index in [0.717, 1.165) is 23.6 Å². The number of hydrogen-bond donors (Lipinski definition) is 1. The molecular weight excluding hydrogens is 350 g/mol. The SMILES string of the molecule is COc1cc(OC(CCc2ccc(Cl)cc2)Cn2ccnc2)ccc1N. The quantitative estimate of drug-likeness (QED) is 0.602. The second-order valence-electron chi connectivity index (χ2n) is 6.07. The van der Waals surface area contributed by atoms with Gasteiger partial charge in [-0.05, 0) is 42.7 Å². The van der Waals surface area contributed by atoms with E-state index in [9.17, 15) is 0 Å². The summed E-state index contributed by atoms with van der Waals surface area (Å²) in [6.07, 6.45) is 7.22. The highest BCUT2D eigenvalue weighted by Crippen LogP contribution is 2.28. The van der Waals surface area contributed by atoms with Gasteiger partial charge in [-0.1, -0.05) is 23.7 Å². The van der Waals surface area contributed by atoms with Crippen molar-refractivity contribution in [3.8, 4) is 11.5 Å². The molecule has 1 unspecified atom stereocenters. The minimum atomic E-state index is -0.0202. The first-order valence-corrected chi connectivity index (χ1v) is 8.82. The highest BCUT2D eigenvalue weighted by molar-refractivity contribution is 6.30. The monoisotopic (exact) mass is 371 g/mol. The van der Waals surface area contributed by atoms with Gasteiger partial charge in [0.2, 0.25) is 0 Å². The number of hydrogen-bond acceptors (Lipinski definition) is 4. The molecule has 1 heterocycles. The van der Waals surface area contributed by atoms with Gasteiger partial charge in [0.05, 0.1) is 25.7 Å². The van der Waals surface area contributed by atoms with Crippen molar-refractivity contribution in [2.45, 2.75) is 25.5 Å². The molecule has 3 aromatic rings. The zero-order valence-corrected chi connectivity index (χ0v) is 15.4. The van der Waals surface area contributed by atoms with E-state index in [1.165, 1.54) is 5.56 Å². The number of nitrogen functional groups attached to an aromatic ring is 1. The van der Waals surface area contributed by atoms with E-state index in [1.54, 1.807) is 25.7 Å². The first-order valence-electron chi connectivity index (χ1n) is 8.44. The Bertz CT molecular complexity index is 820. The summed E-state index contributed by atoms with van der Waals surface area (Å²) in [7, 11) is 1.60. The Morgan fingerprint density at radius 3 is 2.69 bits per heavy atom. The maximum absolute atomic E-state index is 6.22. The number of nitrogens with two attached hydrogens (primary N) is 1. The number of imidazole rings is 1. The highest BCUT2D eigenvalue weighted by atomic mass is 35.5. The maximum Gasteiger partial charge on any atom is 0.145 e. The normalized spacial score (nSPS) is 11.9. The number of halogens is 1. The van der Waals surface area contributed by atoms with Crippen LogP contribution in [0.25, 0.3) is 0 Å². The van der Waals surface area contributed by atoms with Crippen LogP contribution >= 0.6 is 11.6 Å². The van der Waals surface area contributed by atoms with Crippen molar-refractivity contribution in [1.29, 1.82) is 0 Å². The minimum absolute atomic E-state index is 0.0202. The van der Waals surface area contributed by atoms with Crippen LogP contribution in [-0.2, 0) is 13.0 Å². The Morgan fingerprint density at radius 1 is 1.19 bits per heavy atom. The summed E-state index contributed by atoms with van der Waals surface area (Å²) in [6, 6.07) is 13.4. The molecule has 1 atom stereocenters. The summed E-state index contributed by atoms with van der Waals surface area (Å²) in [5.74, 6) is 1.35. The fraction of sp³-hybridized carbons (Fsp3) is 0.250. The average Bonchev–Trinajstić information content (AvgIpc) is 3.15. The smallest absolute Gasteiger partial charge is 0.145 e. The van der Waals surface area contributed by atoms with Gasteiger partial charge in [0.15, 0.2) is 0 Å². The lowest BCUT2D eigenvalue weighted by Crippen LogP contribution is -2.23. The van der Waals surface area contributed by atoms with Gasteiger partial charge in [-0.3, -0.25) is 0 Å². The molecular formula is C20H22ClN3O2. The lowest BCUT2D eigenvalue weighted by molar-refractivity contribution is 0.170. The summed E-state index contributed by atoms with van der Waals surface area (Å²) in [6.45, 7) is 0.709. The average molecular weight is 372 g/mol. The molecule has 2 aromatic carbocycles. The number of ether oxygens (including phenoxy) is 2. The third-order valence-electron chi connectivity index (χ3n) is 4.15. The topological polar surface area (TPSA) is 62.3 Å². The van der Waals surface area contributed by atoms with Crippen LogP contribution in [0.15, 0.2) is 61.2 Å². The molecule has 6 heteroatoms. The number of benzene rings is 2. The number of aromatic nitrogens is 2. The van der Waals surface area contributed by atoms with Gasteiger partial charge in [0, 0.05) is 23.5 Å². The van der Waals surface area contributed by atoms with Gasteiger partial charge >= 0.3 is 0 Å². The Labute approximate surface area is 158 Å². The summed E-state index contributed by atoms with van der Waals surface area (Å²) in [5, 5.41) is 0.744. The lowest BCUT2D eigenvalue weighted by atomic mass is 10.1. The van der Waals surface area contributed by atoms with Crippen LogP contribution in [0.1, 0.15) is 12.0 Å². The molecule has 0 aliphatic rings. The van der Waals surface area contributed by atoms with Crippen LogP contribution in [0.2, 0.25) is 5.02 Å². The third kappa shape index (κ3) is 4.92. The number of rotatable bonds is 8. The first-order chi connectivity index (χ1) is 12.6. The van der Waals surface area contributed by atoms with Crippen LogP contribution in [-0.4, -0.2) is 22.8 Å². The van der Waals surface area contributed by atoms with Gasteiger partial charge in [-0.2, -0.15) is 0 Å². The van der Waals surface area contributed by atoms with E-state index in [1.807, 2.05) is 47.2 Å². The first kappa shape index (κ1) is 18.1. The van der Waals surface area contributed by atoms with E-state index in [2.05, 4.69) is 4.98 Å². The van der Waals surface area contributed by atoms with Gasteiger partial charge in [-0.15, -0.1) is 0 Å². The lowest BCUT2D eigenvalue weighted by Gasteiger charge is -2.20. The second-order valence-corrected chi connectivity index (χ2v) is 6.50. The number of anilines is 1. The van der Waals surface area contributed by atoms with Gasteiger partial charge in [0.25, 0.3) is 0 Å². The van der Waals surface area contributed by atoms with Gasteiger partial charge in [0.1, 0.15) is 17.6 Å². The molecule has 0 fully saturated rings. The van der Waals surface area contributed by atoms with Crippen molar-refractivity contribution < 1.29 is 9.47 Å². The van der Waals surface area contributed by atoms with E-state index in [4.69, 9.17) is 26.8 Å². The molecule has 0 bridgehead atoms. The van der Waals surface area contributed by atoms with Crippen molar-refractivity contribution in [2.75, 3.05) is 12.8 Å². The van der Waals surface area contributed by atoms with Crippen LogP contribution in [0.4, 0.5) is 5.69 Å². The number of aryl methyl sites for hydroxylation is 1. The van der Waals surface area contributed by atoms with Crippen LogP contribution in [0, 0.1) is 0 Å². The predicted molar refractivity (Wildman–Crippen MR) is 104 cm³/mol. The maximum atomic E-state index is 6.22. The molecule has 136 valence electrons. The highest BCUT2D eigenvalue weighted by Gasteiger charge is 2.13. The van der Waals surface area contributed by atoms with E-state index < -0.39 is 0 Å². The molecule has 26 heavy (non-hydrogen) atoms. The fourth-order valence-electron chi connectivity index (χ4n) is 2.75. The van der Waals surface area contributed by atoms with E-state index in [0.29, 0.717) is 18.0 Å². The molecule has 0 amide bonds. The number of methoxy groups -OCH3 is 1. The van der Waals surface area contributed by atoms with Crippen molar-refractivity contribution in [2.24, 2.45) is 0 Å². The van der Waals surface area contributed by atoms with Crippen molar-refractivity contribution in [1.82, 2.24) is 9.55 Å². The molecule has 0 spiro atoms. The molecule has 0 saturated heterocycles. The molecule has 0 radical (unpaired) electrons. The van der Waals surface area contributed by atoms with Crippen LogP contribution in [0.3, 0.4) is 0 Å². The zero-order chi connectivity index (χ0) is 18.4. The zero-order valence-electron chi connectivity index (χ0n) is 14.6. The van der Waals surface area contributed by atoms with Crippen LogP contribution < -0.4 is 15.2 Å². The van der Waals surface area contributed by atoms with E-state index in [-0.39, 0.29) is 6.10 Å². The minimum Gasteiger partial charge on any atom is -0.494 e. The second kappa shape index (κ2) is 8.63. The standard InChI is InChI=1S/C20H22ClN3O2/c1-25-20-12-17(8-9-19(20)22)26-18(13-24-11-10-23-14-24)7-4-15-2-5-16(21)6-3-15/h2-3,5-6,8-12,14,18H,4,7,13,22H2,1H3. The van der Waals surface area contributed by atoms with Crippen LogP contribution in [0.5, 0.6) is 11.5 Å². The molecule has 1 aromatic heterocycles. The van der Waals surface area contributed by atoms with Crippen molar-refractivity contribution >= 4 is 17.3 Å². The Hall–Kier alpha value is -2.66. The molecule has 0 aliphatic carbocycles. The van der Waals surface area contributed by atoms with Crippen molar-refractivity contribution in [3.63, 3.8) is 0 Å². The summed E-state index contributed by atoms with van der Waals surface area (Å²) in [5.41, 5.74) is 7.70. The Kier molecular flexibility index (Phi) is 6.02. The Morgan fingerprint density at radius 2 is 2.00 bits per heavy atom. The molecule has 2 N–H and O–H groups in total. The summed E-state index contributed by atoms with van der Waals surface area (Å²) >= 11 is 5.96. The fourth-order valence-corrected chi connectivity index (χ4v) is 2.88. The predicted octanol–water partition coefficient (Wildman–Crippen LogP) is 4.21. The van der Waals surface area contributed by atoms with E-state index >= 15 is 0 Å². The summed E-state index contributed by atoms with van der Waals surface area (Å²) < 4.78 is 13.5. The molecule has 3 rings (SSSR count). The Balaban J connectivity index is 1.71. The van der Waals surface area contributed by atoms with Gasteiger partial charge in [-0.25, -0.2) is 4.98 Å². The molecule has 5 nitrogen and oxygen atoms in total. The number of nitrogens with zero attached hydrogens (tertiary/aromatic N) is 2. The van der Waals surface area contributed by atoms with Crippen molar-refractivity contribution in [3.05, 3.63) is 71.8 Å². The molecule has 0 aliphatic heterocycles. The third-order valence-corrected chi connectivity index (χ3v) is 4.40.